The number of benzene rings is 1. The number of hydrogen-bond acceptors (Lipinski definition) is 4. The van der Waals surface area contributed by atoms with Crippen LogP contribution >= 0.6 is 0 Å². The van der Waals surface area contributed by atoms with E-state index in [2.05, 4.69) is 4.98 Å². The van der Waals surface area contributed by atoms with Crippen molar-refractivity contribution in [2.24, 2.45) is 0 Å². The molecule has 2 N–H and O–H groups in total. The number of H-pyrrole nitrogens is 1. The SMILES string of the molecule is O=C(O)c1cc2c([N+](=O)[O-])cccc2[nH]c1=O. The number of carboxylic acid groups (broad SMARTS) is 1. The summed E-state index contributed by atoms with van der Waals surface area (Å²) in [6.07, 6.45) is 0. The molecular weight excluding hydrogens is 228 g/mol. The number of nitrogens with zero attached hydrogens (tertiary/aromatic N) is 1. The molecule has 1 heterocycles. The number of nitro groups is 1. The number of fused-ring (bicyclic) bond motifs is 1. The minimum atomic E-state index is -1.42. The zero-order valence-electron chi connectivity index (χ0n) is 8.34. The zero-order chi connectivity index (χ0) is 12.6. The van der Waals surface area contributed by atoms with Crippen molar-refractivity contribution in [3.8, 4) is 0 Å². The lowest BCUT2D eigenvalue weighted by atomic mass is 10.1. The van der Waals surface area contributed by atoms with Crippen LogP contribution in [0.15, 0.2) is 29.1 Å². The van der Waals surface area contributed by atoms with Gasteiger partial charge in [0, 0.05) is 6.07 Å². The van der Waals surface area contributed by atoms with Gasteiger partial charge < -0.3 is 10.1 Å². The lowest BCUT2D eigenvalue weighted by molar-refractivity contribution is -0.383. The van der Waals surface area contributed by atoms with Crippen LogP contribution in [0.2, 0.25) is 0 Å². The fourth-order valence-corrected chi connectivity index (χ4v) is 1.53. The van der Waals surface area contributed by atoms with E-state index in [-0.39, 0.29) is 16.6 Å². The summed E-state index contributed by atoms with van der Waals surface area (Å²) in [5.41, 5.74) is -1.33. The highest BCUT2D eigenvalue weighted by Crippen LogP contribution is 2.23. The monoisotopic (exact) mass is 234 g/mol. The van der Waals surface area contributed by atoms with Crippen molar-refractivity contribution in [2.45, 2.75) is 0 Å². The smallest absolute Gasteiger partial charge is 0.341 e. The van der Waals surface area contributed by atoms with E-state index in [4.69, 9.17) is 5.11 Å². The van der Waals surface area contributed by atoms with Gasteiger partial charge in [-0.2, -0.15) is 0 Å². The summed E-state index contributed by atoms with van der Waals surface area (Å²) in [7, 11) is 0. The number of carbonyl (C=O) groups is 1. The normalized spacial score (nSPS) is 10.4. The van der Waals surface area contributed by atoms with E-state index in [0.717, 1.165) is 6.07 Å². The van der Waals surface area contributed by atoms with Crippen molar-refractivity contribution in [2.75, 3.05) is 0 Å². The molecule has 0 fully saturated rings. The number of pyridine rings is 1. The van der Waals surface area contributed by atoms with E-state index >= 15 is 0 Å². The molecular formula is C10H6N2O5. The molecule has 2 aromatic rings. The first-order valence-electron chi connectivity index (χ1n) is 4.54. The second-order valence-electron chi connectivity index (χ2n) is 3.31. The standard InChI is InChI=1S/C10H6N2O5/c13-9-6(10(14)15)4-5-7(11-9)2-1-3-8(5)12(16)17/h1-4H,(H,11,13)(H,14,15). The Kier molecular flexibility index (Phi) is 2.36. The molecule has 0 unspecified atom stereocenters. The molecule has 0 amide bonds. The molecule has 1 aromatic carbocycles. The Hall–Kier alpha value is -2.70. The number of hydrogen-bond donors (Lipinski definition) is 2. The average molecular weight is 234 g/mol. The third kappa shape index (κ3) is 1.73. The van der Waals surface area contributed by atoms with Gasteiger partial charge in [0.05, 0.1) is 15.8 Å². The van der Waals surface area contributed by atoms with Gasteiger partial charge >= 0.3 is 5.97 Å². The molecule has 86 valence electrons. The Morgan fingerprint density at radius 3 is 2.71 bits per heavy atom. The van der Waals surface area contributed by atoms with Crippen LogP contribution in [-0.4, -0.2) is 21.0 Å². The van der Waals surface area contributed by atoms with Crippen LogP contribution in [0.3, 0.4) is 0 Å². The summed E-state index contributed by atoms with van der Waals surface area (Å²) in [5, 5.41) is 19.6. The number of aromatic amines is 1. The summed E-state index contributed by atoms with van der Waals surface area (Å²) in [4.78, 5) is 34.5. The third-order valence-corrected chi connectivity index (χ3v) is 2.29. The third-order valence-electron chi connectivity index (χ3n) is 2.29. The van der Waals surface area contributed by atoms with Crippen molar-refractivity contribution in [3.05, 3.63) is 50.3 Å². The van der Waals surface area contributed by atoms with Crippen LogP contribution in [0.4, 0.5) is 5.69 Å². The lowest BCUT2D eigenvalue weighted by Gasteiger charge is -2.00. The minimum Gasteiger partial charge on any atom is -0.477 e. The Balaban J connectivity index is 2.90. The predicted molar refractivity (Wildman–Crippen MR) is 58.2 cm³/mol. The summed E-state index contributed by atoms with van der Waals surface area (Å²) >= 11 is 0. The second kappa shape index (κ2) is 3.71. The van der Waals surface area contributed by atoms with Crippen LogP contribution in [0.5, 0.6) is 0 Å². The molecule has 0 aliphatic heterocycles. The van der Waals surface area contributed by atoms with E-state index in [1.165, 1.54) is 18.2 Å². The van der Waals surface area contributed by atoms with Crippen molar-refractivity contribution in [3.63, 3.8) is 0 Å². The molecule has 0 aliphatic rings. The maximum Gasteiger partial charge on any atom is 0.341 e. The van der Waals surface area contributed by atoms with E-state index in [1.807, 2.05) is 0 Å². The van der Waals surface area contributed by atoms with Crippen LogP contribution in [0.1, 0.15) is 10.4 Å². The quantitative estimate of drug-likeness (QED) is 0.597. The van der Waals surface area contributed by atoms with Crippen LogP contribution in [0, 0.1) is 10.1 Å². The predicted octanol–water partition coefficient (Wildman–Crippen LogP) is 1.13. The van der Waals surface area contributed by atoms with Crippen molar-refractivity contribution < 1.29 is 14.8 Å². The van der Waals surface area contributed by atoms with Crippen molar-refractivity contribution in [1.29, 1.82) is 0 Å². The fourth-order valence-electron chi connectivity index (χ4n) is 1.53. The molecule has 0 saturated heterocycles. The number of nitrogens with one attached hydrogen (secondary N) is 1. The maximum absolute atomic E-state index is 11.3. The molecule has 1 aromatic heterocycles. The number of aromatic carboxylic acids is 1. The van der Waals surface area contributed by atoms with Crippen LogP contribution in [-0.2, 0) is 0 Å². The number of carboxylic acids is 1. The van der Waals surface area contributed by atoms with Gasteiger partial charge in [-0.3, -0.25) is 14.9 Å². The highest BCUT2D eigenvalue weighted by molar-refractivity contribution is 5.95. The molecule has 0 spiro atoms. The Bertz CT molecular complexity index is 689. The first kappa shape index (κ1) is 10.8. The summed E-state index contributed by atoms with van der Waals surface area (Å²) in [6.45, 7) is 0. The molecule has 2 rings (SSSR count). The summed E-state index contributed by atoms with van der Waals surface area (Å²) < 4.78 is 0. The molecule has 7 nitrogen and oxygen atoms in total. The first-order chi connectivity index (χ1) is 8.00. The van der Waals surface area contributed by atoms with E-state index in [1.54, 1.807) is 0 Å². The van der Waals surface area contributed by atoms with Gasteiger partial charge in [0.1, 0.15) is 5.56 Å². The van der Waals surface area contributed by atoms with E-state index in [9.17, 15) is 19.7 Å². The van der Waals surface area contributed by atoms with Crippen molar-refractivity contribution >= 4 is 22.6 Å². The molecule has 0 atom stereocenters. The Labute approximate surface area is 93.5 Å². The van der Waals surface area contributed by atoms with Gasteiger partial charge in [0.2, 0.25) is 0 Å². The molecule has 0 saturated carbocycles. The Morgan fingerprint density at radius 2 is 2.12 bits per heavy atom. The molecule has 17 heavy (non-hydrogen) atoms. The van der Waals surface area contributed by atoms with Gasteiger partial charge in [-0.05, 0) is 12.1 Å². The van der Waals surface area contributed by atoms with E-state index in [0.29, 0.717) is 0 Å². The van der Waals surface area contributed by atoms with E-state index < -0.39 is 22.0 Å². The number of nitro benzene ring substituents is 1. The zero-order valence-corrected chi connectivity index (χ0v) is 8.34. The topological polar surface area (TPSA) is 113 Å². The molecule has 0 aliphatic carbocycles. The maximum atomic E-state index is 11.3. The van der Waals surface area contributed by atoms with Gasteiger partial charge in [-0.15, -0.1) is 0 Å². The fraction of sp³-hybridized carbons (Fsp3) is 0. The first-order valence-corrected chi connectivity index (χ1v) is 4.54. The minimum absolute atomic E-state index is 0.0921. The van der Waals surface area contributed by atoms with Crippen LogP contribution < -0.4 is 5.56 Å². The van der Waals surface area contributed by atoms with Crippen molar-refractivity contribution in [1.82, 2.24) is 4.98 Å². The van der Waals surface area contributed by atoms with Crippen LogP contribution in [0.25, 0.3) is 10.9 Å². The van der Waals surface area contributed by atoms with Gasteiger partial charge in [-0.1, -0.05) is 6.07 Å². The highest BCUT2D eigenvalue weighted by atomic mass is 16.6. The molecule has 0 radical (unpaired) electrons. The van der Waals surface area contributed by atoms with Gasteiger partial charge in [0.25, 0.3) is 11.2 Å². The summed E-state index contributed by atoms with van der Waals surface area (Å²) in [6, 6.07) is 5.13. The molecule has 7 heteroatoms. The molecule has 0 bridgehead atoms. The Morgan fingerprint density at radius 1 is 1.41 bits per heavy atom. The lowest BCUT2D eigenvalue weighted by Crippen LogP contribution is -2.17. The largest absolute Gasteiger partial charge is 0.477 e. The highest BCUT2D eigenvalue weighted by Gasteiger charge is 2.16. The average Bonchev–Trinajstić information content (AvgIpc) is 2.26. The number of non-ortho nitro benzene ring substituents is 1. The number of rotatable bonds is 2. The number of aromatic nitrogens is 1. The second-order valence-corrected chi connectivity index (χ2v) is 3.31. The van der Waals surface area contributed by atoms with Gasteiger partial charge in [-0.25, -0.2) is 4.79 Å². The van der Waals surface area contributed by atoms with Gasteiger partial charge in [0.15, 0.2) is 0 Å². The summed E-state index contributed by atoms with van der Waals surface area (Å²) in [5.74, 6) is -1.42.